The van der Waals surface area contributed by atoms with Crippen LogP contribution >= 0.6 is 11.8 Å². The van der Waals surface area contributed by atoms with E-state index in [0.29, 0.717) is 10.9 Å². The van der Waals surface area contributed by atoms with E-state index in [-0.39, 0.29) is 0 Å². The molecule has 2 heterocycles. The van der Waals surface area contributed by atoms with Gasteiger partial charge in [-0.05, 0) is 42.4 Å². The van der Waals surface area contributed by atoms with Gasteiger partial charge < -0.3 is 4.98 Å². The molecule has 4 nitrogen and oxygen atoms in total. The minimum absolute atomic E-state index is 0.394. The molecule has 0 aliphatic carbocycles. The molecule has 132 valence electrons. The van der Waals surface area contributed by atoms with E-state index in [1.165, 1.54) is 23.3 Å². The van der Waals surface area contributed by atoms with Crippen molar-refractivity contribution in [3.63, 3.8) is 0 Å². The molecule has 1 atom stereocenters. The third kappa shape index (κ3) is 4.30. The number of H-pyrrole nitrogens is 1. The average Bonchev–Trinajstić information content (AvgIpc) is 3.06. The molecule has 0 amide bonds. The summed E-state index contributed by atoms with van der Waals surface area (Å²) in [6.07, 6.45) is 5.13. The lowest BCUT2D eigenvalue weighted by molar-refractivity contribution is 0.676. The average molecular weight is 374 g/mol. The number of hydrogen-bond acceptors (Lipinski definition) is 4. The van der Waals surface area contributed by atoms with E-state index in [1.807, 2.05) is 42.2 Å². The van der Waals surface area contributed by atoms with E-state index in [4.69, 9.17) is 0 Å². The summed E-state index contributed by atoms with van der Waals surface area (Å²) in [6, 6.07) is 9.83. The predicted molar refractivity (Wildman–Crippen MR) is 105 cm³/mol. The van der Waals surface area contributed by atoms with Crippen molar-refractivity contribution in [1.82, 2.24) is 15.0 Å². The molecule has 0 fully saturated rings. The summed E-state index contributed by atoms with van der Waals surface area (Å²) in [5.74, 6) is 1.50. The third-order valence-electron chi connectivity index (χ3n) is 4.06. The van der Waals surface area contributed by atoms with Gasteiger partial charge in [-0.3, -0.25) is 9.19 Å². The highest BCUT2D eigenvalue weighted by atomic mass is 32.2. The normalized spacial score (nSPS) is 12.6. The minimum atomic E-state index is -1.23. The Hall–Kier alpha value is -1.66. The molecule has 0 saturated carbocycles. The zero-order valence-corrected chi connectivity index (χ0v) is 16.3. The van der Waals surface area contributed by atoms with Crippen LogP contribution in [0.25, 0.3) is 11.0 Å². The van der Waals surface area contributed by atoms with Crippen molar-refractivity contribution in [1.29, 1.82) is 0 Å². The second kappa shape index (κ2) is 8.63. The number of para-hydroxylation sites is 2. The Bertz CT molecular complexity index is 843. The third-order valence-corrected chi connectivity index (χ3v) is 6.41. The summed E-state index contributed by atoms with van der Waals surface area (Å²) < 4.78 is 12.8. The maximum Gasteiger partial charge on any atom is 0.197 e. The number of aromatic amines is 1. The van der Waals surface area contributed by atoms with E-state index < -0.39 is 10.8 Å². The lowest BCUT2D eigenvalue weighted by Crippen LogP contribution is -2.05. The largest absolute Gasteiger partial charge is 0.331 e. The molecular formula is C19H23N3OS2. The first-order chi connectivity index (χ1) is 12.2. The molecule has 0 aliphatic rings. The zero-order chi connectivity index (χ0) is 17.6. The predicted octanol–water partition coefficient (Wildman–Crippen LogP) is 4.72. The smallest absolute Gasteiger partial charge is 0.197 e. The Kier molecular flexibility index (Phi) is 6.26. The number of pyridine rings is 1. The first-order valence-electron chi connectivity index (χ1n) is 8.65. The van der Waals surface area contributed by atoms with Crippen LogP contribution in [0.4, 0.5) is 0 Å². The van der Waals surface area contributed by atoms with E-state index >= 15 is 0 Å². The van der Waals surface area contributed by atoms with Crippen LogP contribution in [0.2, 0.25) is 0 Å². The lowest BCUT2D eigenvalue weighted by Gasteiger charge is -2.11. The maximum atomic E-state index is 12.8. The van der Waals surface area contributed by atoms with Crippen molar-refractivity contribution < 1.29 is 4.21 Å². The van der Waals surface area contributed by atoms with E-state index in [0.717, 1.165) is 28.9 Å². The van der Waals surface area contributed by atoms with Gasteiger partial charge in [0.05, 0.1) is 33.3 Å². The molecule has 25 heavy (non-hydrogen) atoms. The summed E-state index contributed by atoms with van der Waals surface area (Å²) in [5.41, 5.74) is 3.90. The van der Waals surface area contributed by atoms with Crippen LogP contribution in [0.3, 0.4) is 0 Å². The Labute approximate surface area is 155 Å². The molecule has 3 rings (SSSR count). The first-order valence-corrected chi connectivity index (χ1v) is 11.0. The molecule has 1 N–H and O–H groups in total. The molecule has 0 radical (unpaired) electrons. The number of nitrogens with zero attached hydrogens (tertiary/aromatic N) is 2. The monoisotopic (exact) mass is 373 g/mol. The number of rotatable bonds is 8. The summed E-state index contributed by atoms with van der Waals surface area (Å²) >= 11 is 1.87. The van der Waals surface area contributed by atoms with Gasteiger partial charge in [-0.25, -0.2) is 4.98 Å². The van der Waals surface area contributed by atoms with Gasteiger partial charge >= 0.3 is 0 Å². The van der Waals surface area contributed by atoms with Crippen molar-refractivity contribution in [3.8, 4) is 0 Å². The Balaban J connectivity index is 1.81. The lowest BCUT2D eigenvalue weighted by atomic mass is 10.1. The number of thioether (sulfide) groups is 1. The molecule has 0 aliphatic heterocycles. The standard InChI is InChI=1S/C19H23N3OS2/c1-3-5-12-24-18-10-11-20-17(14(18)4-2)13-25(23)19-21-15-8-6-7-9-16(15)22-19/h6-11H,3-5,12-13H2,1-2H3,(H,21,22). The fourth-order valence-corrected chi connectivity index (χ4v) is 5.01. The van der Waals surface area contributed by atoms with Crippen molar-refractivity contribution in [2.45, 2.75) is 48.9 Å². The van der Waals surface area contributed by atoms with E-state index in [2.05, 4.69) is 34.9 Å². The Morgan fingerprint density at radius 1 is 1.20 bits per heavy atom. The number of hydrogen-bond donors (Lipinski definition) is 1. The van der Waals surface area contributed by atoms with Crippen LogP contribution in [0, 0.1) is 0 Å². The SMILES string of the molecule is CCCCSc1ccnc(CS(=O)c2nc3ccccc3[nH]2)c1CC. The number of unbranched alkanes of at least 4 members (excludes halogenated alkanes) is 1. The van der Waals surface area contributed by atoms with Gasteiger partial charge in [-0.2, -0.15) is 0 Å². The molecule has 1 unspecified atom stereocenters. The van der Waals surface area contributed by atoms with Gasteiger partial charge in [0.1, 0.15) is 0 Å². The van der Waals surface area contributed by atoms with E-state index in [9.17, 15) is 4.21 Å². The number of benzene rings is 1. The van der Waals surface area contributed by atoms with Crippen molar-refractivity contribution >= 4 is 33.6 Å². The van der Waals surface area contributed by atoms with Gasteiger partial charge in [0.25, 0.3) is 0 Å². The maximum absolute atomic E-state index is 12.8. The molecule has 2 aromatic heterocycles. The number of nitrogens with one attached hydrogen (secondary N) is 1. The van der Waals surface area contributed by atoms with Gasteiger partial charge in [-0.1, -0.05) is 32.4 Å². The van der Waals surface area contributed by atoms with Crippen LogP contribution < -0.4 is 0 Å². The van der Waals surface area contributed by atoms with Crippen LogP contribution in [0.15, 0.2) is 46.6 Å². The van der Waals surface area contributed by atoms with Crippen LogP contribution in [0.1, 0.15) is 37.9 Å². The van der Waals surface area contributed by atoms with Gasteiger partial charge in [0.2, 0.25) is 0 Å². The molecule has 1 aromatic carbocycles. The summed E-state index contributed by atoms with van der Waals surface area (Å²) in [5, 5.41) is 0.522. The second-order valence-corrected chi connectivity index (χ2v) is 8.34. The minimum Gasteiger partial charge on any atom is -0.331 e. The van der Waals surface area contributed by atoms with E-state index in [1.54, 1.807) is 0 Å². The summed E-state index contributed by atoms with van der Waals surface area (Å²) in [6.45, 7) is 4.34. The van der Waals surface area contributed by atoms with Crippen molar-refractivity contribution in [2.24, 2.45) is 0 Å². The Morgan fingerprint density at radius 3 is 2.80 bits per heavy atom. The van der Waals surface area contributed by atoms with Crippen molar-refractivity contribution in [3.05, 3.63) is 47.8 Å². The summed E-state index contributed by atoms with van der Waals surface area (Å²) in [7, 11) is -1.23. The number of fused-ring (bicyclic) bond motifs is 1. The molecule has 0 saturated heterocycles. The summed E-state index contributed by atoms with van der Waals surface area (Å²) in [4.78, 5) is 13.4. The highest BCUT2D eigenvalue weighted by Crippen LogP contribution is 2.27. The number of imidazole rings is 1. The highest BCUT2D eigenvalue weighted by Gasteiger charge is 2.15. The molecular weight excluding hydrogens is 350 g/mol. The number of aromatic nitrogens is 3. The van der Waals surface area contributed by atoms with Gasteiger partial charge in [0, 0.05) is 11.1 Å². The second-order valence-electron chi connectivity index (χ2n) is 5.84. The molecule has 6 heteroatoms. The zero-order valence-electron chi connectivity index (χ0n) is 14.6. The molecule has 0 bridgehead atoms. The Morgan fingerprint density at radius 2 is 2.04 bits per heavy atom. The topological polar surface area (TPSA) is 58.6 Å². The van der Waals surface area contributed by atoms with Gasteiger partial charge in [-0.15, -0.1) is 11.8 Å². The first kappa shape index (κ1) is 18.1. The van der Waals surface area contributed by atoms with Crippen LogP contribution in [-0.4, -0.2) is 24.9 Å². The highest BCUT2D eigenvalue weighted by molar-refractivity contribution is 7.99. The van der Waals surface area contributed by atoms with Gasteiger partial charge in [0.15, 0.2) is 5.16 Å². The quantitative estimate of drug-likeness (QED) is 0.458. The van der Waals surface area contributed by atoms with Crippen LogP contribution in [0.5, 0.6) is 0 Å². The fraction of sp³-hybridized carbons (Fsp3) is 0.368. The van der Waals surface area contributed by atoms with Crippen molar-refractivity contribution in [2.75, 3.05) is 5.75 Å². The molecule has 0 spiro atoms. The fourth-order valence-electron chi connectivity index (χ4n) is 2.71. The molecule has 3 aromatic rings. The van der Waals surface area contributed by atoms with Crippen LogP contribution in [-0.2, 0) is 23.0 Å².